The number of piperidine rings is 2. The maximum Gasteiger partial charge on any atom is 0.239 e. The topological polar surface area (TPSA) is 61.0 Å². The summed E-state index contributed by atoms with van der Waals surface area (Å²) in [6.45, 7) is 4.95. The number of carbonyl (C=O) groups excluding carboxylic acids is 1. The molecule has 3 rings (SSSR count). The molecule has 2 fully saturated rings. The molecule has 1 unspecified atom stereocenters. The number of aromatic nitrogens is 2. The summed E-state index contributed by atoms with van der Waals surface area (Å²) >= 11 is 0. The molecule has 5 nitrogen and oxygen atoms in total. The highest BCUT2D eigenvalue weighted by Gasteiger charge is 2.36. The Kier molecular flexibility index (Phi) is 3.78. The Labute approximate surface area is 120 Å². The van der Waals surface area contributed by atoms with Crippen LogP contribution in [0, 0.1) is 0 Å². The Morgan fingerprint density at radius 1 is 1.40 bits per heavy atom. The van der Waals surface area contributed by atoms with Crippen molar-refractivity contribution in [3.05, 3.63) is 18.0 Å². The lowest BCUT2D eigenvalue weighted by molar-refractivity contribution is -0.135. The fourth-order valence-electron chi connectivity index (χ4n) is 3.36. The van der Waals surface area contributed by atoms with Crippen molar-refractivity contribution in [2.45, 2.75) is 50.5 Å². The molecule has 2 aliphatic rings. The van der Waals surface area contributed by atoms with E-state index in [4.69, 9.17) is 0 Å². The number of H-pyrrole nitrogens is 1. The molecule has 1 atom stereocenters. The molecule has 3 heterocycles. The summed E-state index contributed by atoms with van der Waals surface area (Å²) in [5.41, 5.74) is 1.33. The van der Waals surface area contributed by atoms with Crippen molar-refractivity contribution in [1.29, 1.82) is 0 Å². The van der Waals surface area contributed by atoms with Gasteiger partial charge in [0, 0.05) is 30.4 Å². The van der Waals surface area contributed by atoms with Gasteiger partial charge in [-0.05, 0) is 38.3 Å². The number of carbonyl (C=O) groups is 1. The highest BCUT2D eigenvalue weighted by Crippen LogP contribution is 2.33. The van der Waals surface area contributed by atoms with Gasteiger partial charge in [0.05, 0.1) is 6.04 Å². The van der Waals surface area contributed by atoms with Gasteiger partial charge < -0.3 is 10.2 Å². The SMILES string of the molecule is CC1(c2ccn[nH]2)CCN(C(=O)C2CCCCN2)CC1. The van der Waals surface area contributed by atoms with Crippen molar-refractivity contribution < 1.29 is 4.79 Å². The van der Waals surface area contributed by atoms with Crippen LogP contribution in [-0.2, 0) is 10.2 Å². The third-order valence-electron chi connectivity index (χ3n) is 4.94. The maximum atomic E-state index is 12.5. The average Bonchev–Trinajstić information content (AvgIpc) is 3.03. The first-order valence-corrected chi connectivity index (χ1v) is 7.71. The lowest BCUT2D eigenvalue weighted by atomic mass is 9.77. The van der Waals surface area contributed by atoms with Crippen molar-refractivity contribution in [2.24, 2.45) is 0 Å². The lowest BCUT2D eigenvalue weighted by Crippen LogP contribution is -2.52. The van der Waals surface area contributed by atoms with Crippen LogP contribution in [0.5, 0.6) is 0 Å². The highest BCUT2D eigenvalue weighted by molar-refractivity contribution is 5.82. The van der Waals surface area contributed by atoms with E-state index in [1.165, 1.54) is 18.5 Å². The van der Waals surface area contributed by atoms with Crippen LogP contribution in [0.1, 0.15) is 44.7 Å². The van der Waals surface area contributed by atoms with Gasteiger partial charge in [0.1, 0.15) is 0 Å². The summed E-state index contributed by atoms with van der Waals surface area (Å²) in [6, 6.07) is 2.11. The quantitative estimate of drug-likeness (QED) is 0.859. The number of aromatic amines is 1. The minimum absolute atomic E-state index is 0.0558. The number of hydrogen-bond donors (Lipinski definition) is 2. The molecule has 110 valence electrons. The molecule has 5 heteroatoms. The van der Waals surface area contributed by atoms with Gasteiger partial charge in [-0.15, -0.1) is 0 Å². The van der Waals surface area contributed by atoms with Gasteiger partial charge in [-0.25, -0.2) is 0 Å². The normalized spacial score (nSPS) is 26.4. The van der Waals surface area contributed by atoms with Crippen LogP contribution < -0.4 is 5.32 Å². The summed E-state index contributed by atoms with van der Waals surface area (Å²) in [5.74, 6) is 0.302. The van der Waals surface area contributed by atoms with Gasteiger partial charge >= 0.3 is 0 Å². The van der Waals surface area contributed by atoms with Crippen LogP contribution in [0.4, 0.5) is 0 Å². The van der Waals surface area contributed by atoms with Gasteiger partial charge in [-0.1, -0.05) is 13.3 Å². The number of likely N-dealkylation sites (tertiary alicyclic amines) is 1. The molecule has 2 aliphatic heterocycles. The van der Waals surface area contributed by atoms with Gasteiger partial charge in [0.25, 0.3) is 0 Å². The Morgan fingerprint density at radius 3 is 2.80 bits per heavy atom. The summed E-state index contributed by atoms with van der Waals surface area (Å²) in [6.07, 6.45) is 7.18. The zero-order valence-electron chi connectivity index (χ0n) is 12.2. The average molecular weight is 276 g/mol. The minimum atomic E-state index is 0.0558. The molecular weight excluding hydrogens is 252 g/mol. The molecule has 2 saturated heterocycles. The van der Waals surface area contributed by atoms with Crippen LogP contribution in [0.15, 0.2) is 12.3 Å². The second kappa shape index (κ2) is 5.56. The Hall–Kier alpha value is -1.36. The first-order valence-electron chi connectivity index (χ1n) is 7.71. The predicted molar refractivity (Wildman–Crippen MR) is 77.4 cm³/mol. The molecule has 0 saturated carbocycles. The molecular formula is C15H24N4O. The monoisotopic (exact) mass is 276 g/mol. The zero-order valence-corrected chi connectivity index (χ0v) is 12.2. The van der Waals surface area contributed by atoms with E-state index in [1.807, 2.05) is 11.1 Å². The van der Waals surface area contributed by atoms with Crippen molar-refractivity contribution in [3.8, 4) is 0 Å². The number of amides is 1. The molecule has 0 bridgehead atoms. The molecule has 1 aromatic rings. The van der Waals surface area contributed by atoms with Gasteiger partial charge in [0.2, 0.25) is 5.91 Å². The molecule has 0 aromatic carbocycles. The van der Waals surface area contributed by atoms with Crippen LogP contribution in [0.25, 0.3) is 0 Å². The third-order valence-corrected chi connectivity index (χ3v) is 4.94. The molecule has 20 heavy (non-hydrogen) atoms. The third kappa shape index (κ3) is 2.59. The van der Waals surface area contributed by atoms with Gasteiger partial charge in [0.15, 0.2) is 0 Å². The zero-order chi connectivity index (χ0) is 14.0. The molecule has 1 amide bonds. The predicted octanol–water partition coefficient (Wildman–Crippen LogP) is 1.43. The van der Waals surface area contributed by atoms with E-state index in [-0.39, 0.29) is 11.5 Å². The van der Waals surface area contributed by atoms with E-state index < -0.39 is 0 Å². The highest BCUT2D eigenvalue weighted by atomic mass is 16.2. The summed E-state index contributed by atoms with van der Waals surface area (Å²) in [5, 5.41) is 10.5. The smallest absolute Gasteiger partial charge is 0.239 e. The van der Waals surface area contributed by atoms with E-state index >= 15 is 0 Å². The standard InChI is InChI=1S/C15H24N4O/c1-15(13-5-9-17-18-13)6-10-19(11-7-15)14(20)12-4-2-3-8-16-12/h5,9,12,16H,2-4,6-8,10-11H2,1H3,(H,17,18). The van der Waals surface area contributed by atoms with Gasteiger partial charge in [-0.3, -0.25) is 9.89 Å². The fraction of sp³-hybridized carbons (Fsp3) is 0.733. The maximum absolute atomic E-state index is 12.5. The van der Waals surface area contributed by atoms with Crippen LogP contribution >= 0.6 is 0 Å². The summed E-state index contributed by atoms with van der Waals surface area (Å²) in [7, 11) is 0. The second-order valence-electron chi connectivity index (χ2n) is 6.36. The van der Waals surface area contributed by atoms with Crippen molar-refractivity contribution >= 4 is 5.91 Å². The van der Waals surface area contributed by atoms with Crippen LogP contribution in [0.3, 0.4) is 0 Å². The largest absolute Gasteiger partial charge is 0.341 e. The number of hydrogen-bond acceptors (Lipinski definition) is 3. The molecule has 2 N–H and O–H groups in total. The van der Waals surface area contributed by atoms with Crippen LogP contribution in [-0.4, -0.2) is 46.7 Å². The Bertz CT molecular complexity index is 442. The molecule has 0 spiro atoms. The molecule has 1 aromatic heterocycles. The van der Waals surface area contributed by atoms with E-state index in [0.29, 0.717) is 5.91 Å². The number of nitrogens with zero attached hydrogens (tertiary/aromatic N) is 2. The van der Waals surface area contributed by atoms with Crippen molar-refractivity contribution in [2.75, 3.05) is 19.6 Å². The number of rotatable bonds is 2. The van der Waals surface area contributed by atoms with E-state index in [0.717, 1.165) is 38.9 Å². The van der Waals surface area contributed by atoms with Crippen molar-refractivity contribution in [3.63, 3.8) is 0 Å². The van der Waals surface area contributed by atoms with Crippen LogP contribution in [0.2, 0.25) is 0 Å². The van der Waals surface area contributed by atoms with E-state index in [9.17, 15) is 4.79 Å². The second-order valence-corrected chi connectivity index (χ2v) is 6.36. The lowest BCUT2D eigenvalue weighted by Gasteiger charge is -2.40. The van der Waals surface area contributed by atoms with Crippen molar-refractivity contribution in [1.82, 2.24) is 20.4 Å². The van der Waals surface area contributed by atoms with Gasteiger partial charge in [-0.2, -0.15) is 5.10 Å². The van der Waals surface area contributed by atoms with E-state index in [2.05, 4.69) is 28.5 Å². The minimum Gasteiger partial charge on any atom is -0.341 e. The Balaban J connectivity index is 1.59. The Morgan fingerprint density at radius 2 is 2.20 bits per heavy atom. The summed E-state index contributed by atoms with van der Waals surface area (Å²) < 4.78 is 0. The number of nitrogens with one attached hydrogen (secondary N) is 2. The first-order chi connectivity index (χ1) is 9.69. The summed E-state index contributed by atoms with van der Waals surface area (Å²) in [4.78, 5) is 14.5. The van der Waals surface area contributed by atoms with E-state index in [1.54, 1.807) is 0 Å². The fourth-order valence-corrected chi connectivity index (χ4v) is 3.36. The first kappa shape index (κ1) is 13.6. The molecule has 0 radical (unpaired) electrons. The molecule has 0 aliphatic carbocycles.